The second kappa shape index (κ2) is 5.57. The monoisotopic (exact) mass is 274 g/mol. The van der Waals surface area contributed by atoms with Crippen molar-refractivity contribution < 1.29 is 4.79 Å². The van der Waals surface area contributed by atoms with E-state index in [4.69, 9.17) is 0 Å². The van der Waals surface area contributed by atoms with Crippen LogP contribution in [0.1, 0.15) is 39.2 Å². The van der Waals surface area contributed by atoms with Gasteiger partial charge in [0.1, 0.15) is 0 Å². The fourth-order valence-corrected chi connectivity index (χ4v) is 2.65. The van der Waals surface area contributed by atoms with Crippen LogP contribution in [0.4, 0.5) is 0 Å². The third kappa shape index (κ3) is 3.21. The average Bonchev–Trinajstić information content (AvgIpc) is 2.43. The van der Waals surface area contributed by atoms with E-state index in [1.807, 2.05) is 44.2 Å². The van der Waals surface area contributed by atoms with Gasteiger partial charge in [0.15, 0.2) is 0 Å². The van der Waals surface area contributed by atoms with Gasteiger partial charge in [-0.15, -0.1) is 0 Å². The van der Waals surface area contributed by atoms with E-state index >= 15 is 0 Å². The Morgan fingerprint density at radius 3 is 2.30 bits per heavy atom. The van der Waals surface area contributed by atoms with Crippen molar-refractivity contribution in [3.8, 4) is 0 Å². The number of hydrogen-bond donors (Lipinski definition) is 1. The van der Waals surface area contributed by atoms with Crippen LogP contribution in [0.15, 0.2) is 30.3 Å². The molecule has 20 heavy (non-hydrogen) atoms. The van der Waals surface area contributed by atoms with Crippen LogP contribution in [0.5, 0.6) is 0 Å². The fourth-order valence-electron chi connectivity index (χ4n) is 2.65. The standard InChI is InChI=1S/C17H26N2O/c1-16(2,14-8-6-5-7-9-14)15(20)18-17(3)10-12-19(4)13-11-17/h5-9H,10-13H2,1-4H3,(H,18,20). The Kier molecular flexibility index (Phi) is 4.19. The largest absolute Gasteiger partial charge is 0.350 e. The Bertz CT molecular complexity index is 459. The van der Waals surface area contributed by atoms with E-state index in [1.54, 1.807) is 0 Å². The Balaban J connectivity index is 2.08. The number of rotatable bonds is 3. The molecule has 0 aliphatic carbocycles. The van der Waals surface area contributed by atoms with E-state index in [-0.39, 0.29) is 11.4 Å². The lowest BCUT2D eigenvalue weighted by Gasteiger charge is -2.40. The first-order chi connectivity index (χ1) is 9.33. The average molecular weight is 274 g/mol. The number of hydrogen-bond acceptors (Lipinski definition) is 2. The number of amides is 1. The van der Waals surface area contributed by atoms with Crippen molar-refractivity contribution in [1.82, 2.24) is 10.2 Å². The molecular formula is C17H26N2O. The summed E-state index contributed by atoms with van der Waals surface area (Å²) in [5, 5.41) is 3.29. The minimum absolute atomic E-state index is 0.0738. The normalized spacial score (nSPS) is 19.6. The quantitative estimate of drug-likeness (QED) is 0.919. The number of carbonyl (C=O) groups is 1. The minimum atomic E-state index is -0.492. The van der Waals surface area contributed by atoms with E-state index in [0.29, 0.717) is 0 Å². The zero-order chi connectivity index (χ0) is 14.8. The maximum Gasteiger partial charge on any atom is 0.230 e. The van der Waals surface area contributed by atoms with Crippen LogP contribution in [0.3, 0.4) is 0 Å². The van der Waals surface area contributed by atoms with Gasteiger partial charge < -0.3 is 10.2 Å². The highest BCUT2D eigenvalue weighted by Crippen LogP contribution is 2.27. The molecule has 0 spiro atoms. The highest BCUT2D eigenvalue weighted by molar-refractivity contribution is 5.87. The predicted octanol–water partition coefficient (Wildman–Crippen LogP) is 2.56. The number of benzene rings is 1. The topological polar surface area (TPSA) is 32.3 Å². The van der Waals surface area contributed by atoms with Crippen LogP contribution in [-0.2, 0) is 10.2 Å². The van der Waals surface area contributed by atoms with Gasteiger partial charge in [-0.05, 0) is 46.2 Å². The molecular weight excluding hydrogens is 248 g/mol. The van der Waals surface area contributed by atoms with E-state index in [0.717, 1.165) is 31.5 Å². The van der Waals surface area contributed by atoms with Crippen LogP contribution in [0, 0.1) is 0 Å². The summed E-state index contributed by atoms with van der Waals surface area (Å²) < 4.78 is 0. The molecule has 1 aliphatic rings. The summed E-state index contributed by atoms with van der Waals surface area (Å²) >= 11 is 0. The van der Waals surface area contributed by atoms with Crippen LogP contribution in [-0.4, -0.2) is 36.5 Å². The van der Waals surface area contributed by atoms with Gasteiger partial charge in [-0.25, -0.2) is 0 Å². The molecule has 1 aromatic carbocycles. The molecule has 3 heteroatoms. The Hall–Kier alpha value is -1.35. The molecule has 0 aromatic heterocycles. The van der Waals surface area contributed by atoms with E-state index < -0.39 is 5.41 Å². The number of nitrogens with one attached hydrogen (secondary N) is 1. The van der Waals surface area contributed by atoms with Gasteiger partial charge in [-0.1, -0.05) is 30.3 Å². The molecule has 1 aliphatic heterocycles. The predicted molar refractivity (Wildman–Crippen MR) is 82.7 cm³/mol. The molecule has 1 heterocycles. The molecule has 0 radical (unpaired) electrons. The SMILES string of the molecule is CN1CCC(C)(NC(=O)C(C)(C)c2ccccc2)CC1. The van der Waals surface area contributed by atoms with E-state index in [9.17, 15) is 4.79 Å². The third-order valence-electron chi connectivity index (χ3n) is 4.57. The van der Waals surface area contributed by atoms with E-state index in [2.05, 4.69) is 24.2 Å². The lowest BCUT2D eigenvalue weighted by atomic mass is 9.81. The molecule has 110 valence electrons. The lowest BCUT2D eigenvalue weighted by molar-refractivity contribution is -0.128. The molecule has 0 unspecified atom stereocenters. The highest BCUT2D eigenvalue weighted by Gasteiger charge is 2.36. The molecule has 3 nitrogen and oxygen atoms in total. The van der Waals surface area contributed by atoms with Crippen molar-refractivity contribution in [2.45, 2.75) is 44.6 Å². The summed E-state index contributed by atoms with van der Waals surface area (Å²) in [6.45, 7) is 8.25. The van der Waals surface area contributed by atoms with Crippen LogP contribution in [0.2, 0.25) is 0 Å². The first kappa shape index (κ1) is 15.0. The summed E-state index contributed by atoms with van der Waals surface area (Å²) in [4.78, 5) is 15.0. The molecule has 2 rings (SSSR count). The molecule has 1 N–H and O–H groups in total. The Labute approximate surface area is 122 Å². The van der Waals surface area contributed by atoms with Gasteiger partial charge in [0.25, 0.3) is 0 Å². The van der Waals surface area contributed by atoms with Crippen LogP contribution >= 0.6 is 0 Å². The number of likely N-dealkylation sites (tertiary alicyclic amines) is 1. The van der Waals surface area contributed by atoms with Crippen molar-refractivity contribution in [1.29, 1.82) is 0 Å². The molecule has 1 fully saturated rings. The summed E-state index contributed by atoms with van der Waals surface area (Å²) in [7, 11) is 2.13. The molecule has 0 bridgehead atoms. The van der Waals surface area contributed by atoms with E-state index in [1.165, 1.54) is 0 Å². The van der Waals surface area contributed by atoms with Crippen LogP contribution < -0.4 is 5.32 Å². The van der Waals surface area contributed by atoms with Gasteiger partial charge in [-0.3, -0.25) is 4.79 Å². The fraction of sp³-hybridized carbons (Fsp3) is 0.588. The van der Waals surface area contributed by atoms with Crippen molar-refractivity contribution in [3.63, 3.8) is 0 Å². The first-order valence-electron chi connectivity index (χ1n) is 7.40. The van der Waals surface area contributed by atoms with Gasteiger partial charge in [0.2, 0.25) is 5.91 Å². The summed E-state index contributed by atoms with van der Waals surface area (Å²) in [6.07, 6.45) is 2.03. The maximum atomic E-state index is 12.7. The smallest absolute Gasteiger partial charge is 0.230 e. The minimum Gasteiger partial charge on any atom is -0.350 e. The first-order valence-corrected chi connectivity index (χ1v) is 7.40. The Morgan fingerprint density at radius 1 is 1.20 bits per heavy atom. The van der Waals surface area contributed by atoms with Crippen molar-refractivity contribution in [3.05, 3.63) is 35.9 Å². The number of piperidine rings is 1. The third-order valence-corrected chi connectivity index (χ3v) is 4.57. The maximum absolute atomic E-state index is 12.7. The zero-order valence-electron chi connectivity index (χ0n) is 13.1. The zero-order valence-corrected chi connectivity index (χ0v) is 13.1. The Morgan fingerprint density at radius 2 is 1.75 bits per heavy atom. The molecule has 1 amide bonds. The second-order valence-corrected chi connectivity index (χ2v) is 6.81. The molecule has 0 saturated carbocycles. The van der Waals surface area contributed by atoms with Gasteiger partial charge in [0.05, 0.1) is 5.41 Å². The van der Waals surface area contributed by atoms with Crippen molar-refractivity contribution >= 4 is 5.91 Å². The van der Waals surface area contributed by atoms with Gasteiger partial charge >= 0.3 is 0 Å². The summed E-state index contributed by atoms with van der Waals surface area (Å²) in [6, 6.07) is 10.0. The van der Waals surface area contributed by atoms with Gasteiger partial charge in [-0.2, -0.15) is 0 Å². The molecule has 1 aromatic rings. The van der Waals surface area contributed by atoms with Crippen molar-refractivity contribution in [2.24, 2.45) is 0 Å². The summed E-state index contributed by atoms with van der Waals surface area (Å²) in [5.74, 6) is 0.121. The van der Waals surface area contributed by atoms with Gasteiger partial charge in [0, 0.05) is 18.6 Å². The highest BCUT2D eigenvalue weighted by atomic mass is 16.2. The lowest BCUT2D eigenvalue weighted by Crippen LogP contribution is -2.56. The van der Waals surface area contributed by atoms with Crippen molar-refractivity contribution in [2.75, 3.05) is 20.1 Å². The number of carbonyl (C=O) groups excluding carboxylic acids is 1. The summed E-state index contributed by atoms with van der Waals surface area (Å²) in [5.41, 5.74) is 0.498. The number of nitrogens with zero attached hydrogens (tertiary/aromatic N) is 1. The second-order valence-electron chi connectivity index (χ2n) is 6.81. The molecule has 1 saturated heterocycles. The molecule has 0 atom stereocenters. The van der Waals surface area contributed by atoms with Crippen LogP contribution in [0.25, 0.3) is 0 Å².